The fourth-order valence-corrected chi connectivity index (χ4v) is 2.22. The maximum atomic E-state index is 5.09. The normalized spacial score (nSPS) is 28.2. The molecule has 2 atom stereocenters. The van der Waals surface area contributed by atoms with Gasteiger partial charge in [-0.05, 0) is 31.0 Å². The quantitative estimate of drug-likeness (QED) is 0.667. The second-order valence-electron chi connectivity index (χ2n) is 3.86. The molecule has 0 aliphatic heterocycles. The zero-order valence-corrected chi connectivity index (χ0v) is 9.41. The van der Waals surface area contributed by atoms with E-state index in [1.165, 1.54) is 32.1 Å². The maximum absolute atomic E-state index is 5.09. The van der Waals surface area contributed by atoms with E-state index < -0.39 is 0 Å². The molecule has 0 amide bonds. The Kier molecular flexibility index (Phi) is 4.50. The van der Waals surface area contributed by atoms with E-state index in [0.29, 0.717) is 6.04 Å². The second kappa shape index (κ2) is 5.43. The van der Waals surface area contributed by atoms with Gasteiger partial charge in [0.2, 0.25) is 0 Å². The molecular weight excluding hydrogens is 180 g/mol. The van der Waals surface area contributed by atoms with E-state index in [0.717, 1.165) is 11.0 Å². The van der Waals surface area contributed by atoms with Crippen LogP contribution in [-0.2, 0) is 0 Å². The summed E-state index contributed by atoms with van der Waals surface area (Å²) < 4.78 is 0. The van der Waals surface area contributed by atoms with Crippen molar-refractivity contribution in [3.8, 4) is 0 Å². The van der Waals surface area contributed by atoms with Crippen LogP contribution in [0.2, 0.25) is 0 Å². The summed E-state index contributed by atoms with van der Waals surface area (Å²) in [6.07, 6.45) is 6.63. The molecule has 0 aromatic rings. The molecule has 0 bridgehead atoms. The van der Waals surface area contributed by atoms with Crippen molar-refractivity contribution in [2.75, 3.05) is 7.05 Å². The minimum absolute atomic E-state index is 0.610. The largest absolute Gasteiger partial charge is 0.366 e. The van der Waals surface area contributed by atoms with E-state index in [9.17, 15) is 0 Å². The summed E-state index contributed by atoms with van der Waals surface area (Å²) >= 11 is 5.09. The highest BCUT2D eigenvalue weighted by Crippen LogP contribution is 2.26. The zero-order chi connectivity index (χ0) is 9.68. The summed E-state index contributed by atoms with van der Waals surface area (Å²) in [5, 5.41) is 7.11. The highest BCUT2D eigenvalue weighted by Gasteiger charge is 2.20. The highest BCUT2D eigenvalue weighted by atomic mass is 32.1. The van der Waals surface area contributed by atoms with Gasteiger partial charge < -0.3 is 10.6 Å². The predicted molar refractivity (Wildman–Crippen MR) is 60.8 cm³/mol. The van der Waals surface area contributed by atoms with Crippen molar-refractivity contribution in [1.82, 2.24) is 10.6 Å². The highest BCUT2D eigenvalue weighted by molar-refractivity contribution is 7.80. The van der Waals surface area contributed by atoms with Gasteiger partial charge in [-0.1, -0.05) is 26.2 Å². The number of thiocarbonyl (C=S) groups is 1. The smallest absolute Gasteiger partial charge is 0.166 e. The van der Waals surface area contributed by atoms with Crippen molar-refractivity contribution in [2.24, 2.45) is 5.92 Å². The SMILES string of the molecule is CCC1CCCC(NC(=S)NC)C1. The molecule has 3 heteroatoms. The molecule has 0 saturated heterocycles. The van der Waals surface area contributed by atoms with Crippen LogP contribution >= 0.6 is 12.2 Å². The van der Waals surface area contributed by atoms with Crippen molar-refractivity contribution in [2.45, 2.75) is 45.1 Å². The Balaban J connectivity index is 2.29. The number of nitrogens with one attached hydrogen (secondary N) is 2. The van der Waals surface area contributed by atoms with Gasteiger partial charge >= 0.3 is 0 Å². The molecule has 13 heavy (non-hydrogen) atoms. The average molecular weight is 200 g/mol. The lowest BCUT2D eigenvalue weighted by Gasteiger charge is -2.29. The van der Waals surface area contributed by atoms with Crippen LogP contribution in [-0.4, -0.2) is 18.2 Å². The van der Waals surface area contributed by atoms with Gasteiger partial charge in [-0.15, -0.1) is 0 Å². The number of hydrogen-bond acceptors (Lipinski definition) is 1. The van der Waals surface area contributed by atoms with Crippen LogP contribution in [0, 0.1) is 5.92 Å². The third-order valence-corrected chi connectivity index (χ3v) is 3.24. The van der Waals surface area contributed by atoms with Crippen LogP contribution in [0.5, 0.6) is 0 Å². The molecule has 2 nitrogen and oxygen atoms in total. The van der Waals surface area contributed by atoms with Crippen LogP contribution in [0.4, 0.5) is 0 Å². The van der Waals surface area contributed by atoms with E-state index in [1.807, 2.05) is 7.05 Å². The van der Waals surface area contributed by atoms with Crippen LogP contribution in [0.3, 0.4) is 0 Å². The first kappa shape index (κ1) is 10.8. The van der Waals surface area contributed by atoms with Gasteiger partial charge in [0.05, 0.1) is 0 Å². The molecular formula is C10H20N2S. The Morgan fingerprint density at radius 1 is 1.46 bits per heavy atom. The van der Waals surface area contributed by atoms with E-state index in [-0.39, 0.29) is 0 Å². The minimum atomic E-state index is 0.610. The van der Waals surface area contributed by atoms with Gasteiger partial charge in [-0.2, -0.15) is 0 Å². The first-order valence-corrected chi connectivity index (χ1v) is 5.65. The molecule has 2 unspecified atom stereocenters. The van der Waals surface area contributed by atoms with Gasteiger partial charge in [0, 0.05) is 13.1 Å². The summed E-state index contributed by atoms with van der Waals surface area (Å²) in [5.74, 6) is 0.908. The van der Waals surface area contributed by atoms with Crippen LogP contribution in [0.1, 0.15) is 39.0 Å². The van der Waals surface area contributed by atoms with Crippen molar-refractivity contribution in [3.63, 3.8) is 0 Å². The minimum Gasteiger partial charge on any atom is -0.366 e. The molecule has 0 aromatic carbocycles. The Morgan fingerprint density at radius 3 is 2.85 bits per heavy atom. The lowest BCUT2D eigenvalue weighted by molar-refractivity contribution is 0.299. The fourth-order valence-electron chi connectivity index (χ4n) is 2.05. The Bertz CT molecular complexity index is 170. The molecule has 2 N–H and O–H groups in total. The number of rotatable bonds is 2. The van der Waals surface area contributed by atoms with Gasteiger partial charge in [0.25, 0.3) is 0 Å². The van der Waals surface area contributed by atoms with Crippen molar-refractivity contribution >= 4 is 17.3 Å². The van der Waals surface area contributed by atoms with Crippen molar-refractivity contribution < 1.29 is 0 Å². The third kappa shape index (κ3) is 3.51. The van der Waals surface area contributed by atoms with E-state index >= 15 is 0 Å². The van der Waals surface area contributed by atoms with E-state index in [1.54, 1.807) is 0 Å². The summed E-state index contributed by atoms with van der Waals surface area (Å²) in [4.78, 5) is 0. The Labute approximate surface area is 86.5 Å². The van der Waals surface area contributed by atoms with Gasteiger partial charge in [0.1, 0.15) is 0 Å². The summed E-state index contributed by atoms with van der Waals surface area (Å²) in [6.45, 7) is 2.28. The third-order valence-electron chi connectivity index (χ3n) is 2.92. The molecule has 1 saturated carbocycles. The fraction of sp³-hybridized carbons (Fsp3) is 0.900. The zero-order valence-electron chi connectivity index (χ0n) is 8.60. The average Bonchev–Trinajstić information content (AvgIpc) is 2.18. The van der Waals surface area contributed by atoms with Crippen molar-refractivity contribution in [1.29, 1.82) is 0 Å². The molecule has 0 radical (unpaired) electrons. The monoisotopic (exact) mass is 200 g/mol. The topological polar surface area (TPSA) is 24.1 Å². The molecule has 1 aliphatic rings. The van der Waals surface area contributed by atoms with Gasteiger partial charge in [-0.3, -0.25) is 0 Å². The summed E-state index contributed by atoms with van der Waals surface area (Å²) in [5.41, 5.74) is 0. The lowest BCUT2D eigenvalue weighted by atomic mass is 9.84. The molecule has 76 valence electrons. The summed E-state index contributed by atoms with van der Waals surface area (Å²) in [7, 11) is 1.87. The molecule has 0 aromatic heterocycles. The summed E-state index contributed by atoms with van der Waals surface area (Å²) in [6, 6.07) is 0.610. The lowest BCUT2D eigenvalue weighted by Crippen LogP contribution is -2.42. The van der Waals surface area contributed by atoms with Gasteiger partial charge in [-0.25, -0.2) is 0 Å². The Morgan fingerprint density at radius 2 is 2.23 bits per heavy atom. The van der Waals surface area contributed by atoms with E-state index in [4.69, 9.17) is 12.2 Å². The molecule has 1 aliphatic carbocycles. The van der Waals surface area contributed by atoms with Crippen LogP contribution in [0.15, 0.2) is 0 Å². The first-order valence-electron chi connectivity index (χ1n) is 5.24. The second-order valence-corrected chi connectivity index (χ2v) is 4.27. The molecule has 0 spiro atoms. The Hall–Kier alpha value is -0.310. The number of hydrogen-bond donors (Lipinski definition) is 2. The van der Waals surface area contributed by atoms with Crippen LogP contribution in [0.25, 0.3) is 0 Å². The standard InChI is InChI=1S/C10H20N2S/c1-3-8-5-4-6-9(7-8)12-10(13)11-2/h8-9H,3-7H2,1-2H3,(H2,11,12,13). The maximum Gasteiger partial charge on any atom is 0.166 e. The predicted octanol–water partition coefficient (Wildman–Crippen LogP) is 2.05. The van der Waals surface area contributed by atoms with Gasteiger partial charge in [0.15, 0.2) is 5.11 Å². The molecule has 1 fully saturated rings. The first-order chi connectivity index (χ1) is 6.26. The van der Waals surface area contributed by atoms with Crippen LogP contribution < -0.4 is 10.6 Å². The van der Waals surface area contributed by atoms with E-state index in [2.05, 4.69) is 17.6 Å². The molecule has 0 heterocycles. The molecule has 1 rings (SSSR count). The van der Waals surface area contributed by atoms with Crippen molar-refractivity contribution in [3.05, 3.63) is 0 Å².